The van der Waals surface area contributed by atoms with Gasteiger partial charge in [-0.1, -0.05) is 19.4 Å². The number of primary amides is 1. The van der Waals surface area contributed by atoms with Gasteiger partial charge >= 0.3 is 0 Å². The third-order valence-corrected chi connectivity index (χ3v) is 4.15. The van der Waals surface area contributed by atoms with Crippen LogP contribution in [-0.2, 0) is 6.42 Å². The minimum atomic E-state index is -0.553. The molecule has 3 aromatic rings. The molecule has 3 heterocycles. The van der Waals surface area contributed by atoms with Gasteiger partial charge < -0.3 is 5.73 Å². The Kier molecular flexibility index (Phi) is 5.06. The number of nitrogens with two attached hydrogens (primary N) is 1. The molecule has 0 atom stereocenters. The topological polar surface area (TPSA) is 99.6 Å². The predicted octanol–water partition coefficient (Wildman–Crippen LogP) is 2.78. The molecule has 0 unspecified atom stereocenters. The van der Waals surface area contributed by atoms with Gasteiger partial charge in [0.25, 0.3) is 5.91 Å². The maximum absolute atomic E-state index is 12.0. The van der Waals surface area contributed by atoms with Crippen LogP contribution in [0.25, 0.3) is 17.2 Å². The monoisotopic (exact) mass is 350 g/mol. The standard InChI is InChI=1S/C19H22N6O/c1-4-5-6-14-17(19(20)26)24-25(16-10-8-13(3)22-23-16)18(14)15-9-7-12(2)11-21-15/h7-11H,4-6H2,1-3H3,(H2,20,26). The van der Waals surface area contributed by atoms with Gasteiger partial charge in [0.05, 0.1) is 17.1 Å². The number of nitrogens with zero attached hydrogens (tertiary/aromatic N) is 5. The molecule has 26 heavy (non-hydrogen) atoms. The van der Waals surface area contributed by atoms with Crippen LogP contribution in [0.4, 0.5) is 0 Å². The van der Waals surface area contributed by atoms with Crippen molar-refractivity contribution < 1.29 is 4.79 Å². The Bertz CT molecular complexity index is 912. The average molecular weight is 350 g/mol. The van der Waals surface area contributed by atoms with E-state index in [1.165, 1.54) is 0 Å². The van der Waals surface area contributed by atoms with Crippen molar-refractivity contribution in [3.8, 4) is 17.2 Å². The van der Waals surface area contributed by atoms with Gasteiger partial charge in [0.2, 0.25) is 0 Å². The number of aryl methyl sites for hydroxylation is 2. The number of carbonyl (C=O) groups excluding carboxylic acids is 1. The van der Waals surface area contributed by atoms with Crippen molar-refractivity contribution in [3.05, 3.63) is 53.0 Å². The molecule has 0 aliphatic heterocycles. The molecule has 7 nitrogen and oxygen atoms in total. The number of hydrogen-bond acceptors (Lipinski definition) is 5. The first kappa shape index (κ1) is 17.7. The highest BCUT2D eigenvalue weighted by molar-refractivity contribution is 5.94. The van der Waals surface area contributed by atoms with Crippen molar-refractivity contribution in [1.29, 1.82) is 0 Å². The van der Waals surface area contributed by atoms with E-state index in [0.717, 1.165) is 41.1 Å². The van der Waals surface area contributed by atoms with Crippen LogP contribution in [0.3, 0.4) is 0 Å². The highest BCUT2D eigenvalue weighted by Crippen LogP contribution is 2.29. The summed E-state index contributed by atoms with van der Waals surface area (Å²) in [5.41, 5.74) is 9.99. The molecule has 0 saturated heterocycles. The lowest BCUT2D eigenvalue weighted by Crippen LogP contribution is -2.14. The van der Waals surface area contributed by atoms with Crippen molar-refractivity contribution in [2.24, 2.45) is 5.73 Å². The Morgan fingerprint density at radius 1 is 1.15 bits per heavy atom. The Hall–Kier alpha value is -3.09. The summed E-state index contributed by atoms with van der Waals surface area (Å²) < 4.78 is 1.62. The zero-order valence-corrected chi connectivity index (χ0v) is 15.2. The van der Waals surface area contributed by atoms with Crippen LogP contribution in [0.5, 0.6) is 0 Å². The van der Waals surface area contributed by atoms with E-state index in [0.29, 0.717) is 12.2 Å². The summed E-state index contributed by atoms with van der Waals surface area (Å²) in [5.74, 6) is -0.0264. The maximum Gasteiger partial charge on any atom is 0.269 e. The molecule has 3 rings (SSSR count). The molecular weight excluding hydrogens is 328 g/mol. The highest BCUT2D eigenvalue weighted by atomic mass is 16.1. The predicted molar refractivity (Wildman–Crippen MR) is 99.0 cm³/mol. The summed E-state index contributed by atoms with van der Waals surface area (Å²) in [6.45, 7) is 5.94. The van der Waals surface area contributed by atoms with Crippen LogP contribution < -0.4 is 5.73 Å². The quantitative estimate of drug-likeness (QED) is 0.737. The van der Waals surface area contributed by atoms with Crippen molar-refractivity contribution in [2.75, 3.05) is 0 Å². The third kappa shape index (κ3) is 3.46. The molecule has 0 fully saturated rings. The normalized spacial score (nSPS) is 10.9. The molecule has 2 N–H and O–H groups in total. The lowest BCUT2D eigenvalue weighted by Gasteiger charge is -2.09. The minimum absolute atomic E-state index is 0.262. The fourth-order valence-corrected chi connectivity index (χ4v) is 2.78. The Labute approximate surface area is 152 Å². The summed E-state index contributed by atoms with van der Waals surface area (Å²) in [6, 6.07) is 7.58. The second-order valence-corrected chi connectivity index (χ2v) is 6.31. The second-order valence-electron chi connectivity index (χ2n) is 6.31. The highest BCUT2D eigenvalue weighted by Gasteiger charge is 2.24. The SMILES string of the molecule is CCCCc1c(C(N)=O)nn(-c2ccc(C)nn2)c1-c1ccc(C)cn1. The Balaban J connectivity index is 2.26. The number of carbonyl (C=O) groups is 1. The van der Waals surface area contributed by atoms with E-state index in [9.17, 15) is 4.79 Å². The first-order chi connectivity index (χ1) is 12.5. The molecule has 7 heteroatoms. The van der Waals surface area contributed by atoms with Crippen LogP contribution >= 0.6 is 0 Å². The van der Waals surface area contributed by atoms with Gasteiger partial charge in [-0.2, -0.15) is 10.2 Å². The van der Waals surface area contributed by atoms with Crippen molar-refractivity contribution in [2.45, 2.75) is 40.0 Å². The summed E-state index contributed by atoms with van der Waals surface area (Å²) in [5, 5.41) is 12.8. The minimum Gasteiger partial charge on any atom is -0.364 e. The van der Waals surface area contributed by atoms with Crippen molar-refractivity contribution >= 4 is 5.91 Å². The maximum atomic E-state index is 12.0. The zero-order chi connectivity index (χ0) is 18.7. The lowest BCUT2D eigenvalue weighted by atomic mass is 10.0. The summed E-state index contributed by atoms with van der Waals surface area (Å²) in [6.07, 6.45) is 4.40. The van der Waals surface area contributed by atoms with Crippen LogP contribution in [-0.4, -0.2) is 30.9 Å². The Morgan fingerprint density at radius 3 is 2.54 bits per heavy atom. The molecule has 0 spiro atoms. The number of unbranched alkanes of at least 4 members (excludes halogenated alkanes) is 1. The number of aromatic nitrogens is 5. The summed E-state index contributed by atoms with van der Waals surface area (Å²) in [4.78, 5) is 16.5. The summed E-state index contributed by atoms with van der Waals surface area (Å²) >= 11 is 0. The van der Waals surface area contributed by atoms with Crippen LogP contribution in [0.15, 0.2) is 30.5 Å². The van der Waals surface area contributed by atoms with Crippen LogP contribution in [0.2, 0.25) is 0 Å². The number of rotatable bonds is 6. The summed E-state index contributed by atoms with van der Waals surface area (Å²) in [7, 11) is 0. The van der Waals surface area contributed by atoms with E-state index in [-0.39, 0.29) is 5.69 Å². The van der Waals surface area contributed by atoms with Crippen LogP contribution in [0.1, 0.15) is 47.1 Å². The molecule has 134 valence electrons. The average Bonchev–Trinajstić information content (AvgIpc) is 3.01. The van der Waals surface area contributed by atoms with Gasteiger partial charge in [-0.05, 0) is 50.5 Å². The second kappa shape index (κ2) is 7.43. The van der Waals surface area contributed by atoms with E-state index >= 15 is 0 Å². The van der Waals surface area contributed by atoms with E-state index in [4.69, 9.17) is 5.73 Å². The Morgan fingerprint density at radius 2 is 1.96 bits per heavy atom. The molecule has 0 aliphatic rings. The van der Waals surface area contributed by atoms with Gasteiger partial charge in [0.15, 0.2) is 11.5 Å². The molecule has 0 aromatic carbocycles. The molecule has 0 radical (unpaired) electrons. The third-order valence-electron chi connectivity index (χ3n) is 4.15. The molecule has 0 saturated carbocycles. The fourth-order valence-electron chi connectivity index (χ4n) is 2.78. The molecular formula is C19H22N6O. The van der Waals surface area contributed by atoms with Gasteiger partial charge in [-0.25, -0.2) is 4.68 Å². The zero-order valence-electron chi connectivity index (χ0n) is 15.2. The number of amides is 1. The molecule has 1 amide bonds. The van der Waals surface area contributed by atoms with E-state index in [2.05, 4.69) is 27.2 Å². The number of hydrogen-bond donors (Lipinski definition) is 1. The smallest absolute Gasteiger partial charge is 0.269 e. The molecule has 3 aromatic heterocycles. The number of pyridine rings is 1. The first-order valence-corrected chi connectivity index (χ1v) is 8.66. The van der Waals surface area contributed by atoms with Gasteiger partial charge in [-0.3, -0.25) is 9.78 Å². The van der Waals surface area contributed by atoms with Crippen molar-refractivity contribution in [3.63, 3.8) is 0 Å². The van der Waals surface area contributed by atoms with Gasteiger partial charge in [0.1, 0.15) is 0 Å². The fraction of sp³-hybridized carbons (Fsp3) is 0.316. The first-order valence-electron chi connectivity index (χ1n) is 8.66. The van der Waals surface area contributed by atoms with E-state index < -0.39 is 5.91 Å². The largest absolute Gasteiger partial charge is 0.364 e. The lowest BCUT2D eigenvalue weighted by molar-refractivity contribution is 0.0994. The van der Waals surface area contributed by atoms with Crippen molar-refractivity contribution in [1.82, 2.24) is 25.0 Å². The molecule has 0 bridgehead atoms. The van der Waals surface area contributed by atoms with Crippen LogP contribution in [0, 0.1) is 13.8 Å². The molecule has 0 aliphatic carbocycles. The van der Waals surface area contributed by atoms with E-state index in [1.54, 1.807) is 10.9 Å². The van der Waals surface area contributed by atoms with Gasteiger partial charge in [-0.15, -0.1) is 5.10 Å². The van der Waals surface area contributed by atoms with Gasteiger partial charge in [0, 0.05) is 11.8 Å². The van der Waals surface area contributed by atoms with E-state index in [1.807, 2.05) is 38.1 Å².